The van der Waals surface area contributed by atoms with E-state index in [9.17, 15) is 4.79 Å². The molecule has 2 fully saturated rings. The number of oxime groups is 1. The van der Waals surface area contributed by atoms with E-state index in [2.05, 4.69) is 19.0 Å². The molecule has 0 unspecified atom stereocenters. The second-order valence-corrected chi connectivity index (χ2v) is 5.63. The molecule has 0 radical (unpaired) electrons. The smallest absolute Gasteiger partial charge is 0.303 e. The van der Waals surface area contributed by atoms with Crippen LogP contribution >= 0.6 is 0 Å². The number of nitrogens with zero attached hydrogens (tertiary/aromatic N) is 1. The Morgan fingerprint density at radius 2 is 2.25 bits per heavy atom. The fourth-order valence-electron chi connectivity index (χ4n) is 3.78. The first-order valence-corrected chi connectivity index (χ1v) is 5.87. The molecular formula is C12H19NO3. The second-order valence-electron chi connectivity index (χ2n) is 5.63. The Kier molecular flexibility index (Phi) is 2.48. The average Bonchev–Trinajstić information content (AvgIpc) is 2.60. The summed E-state index contributed by atoms with van der Waals surface area (Å²) >= 11 is 0. The van der Waals surface area contributed by atoms with Gasteiger partial charge < -0.3 is 10.3 Å². The third kappa shape index (κ3) is 1.28. The van der Waals surface area contributed by atoms with Crippen LogP contribution in [0.25, 0.3) is 0 Å². The molecule has 2 bridgehead atoms. The molecule has 0 aromatic rings. The summed E-state index contributed by atoms with van der Waals surface area (Å²) < 4.78 is 0. The zero-order chi connectivity index (χ0) is 12.0. The Bertz CT molecular complexity index is 352. The summed E-state index contributed by atoms with van der Waals surface area (Å²) in [4.78, 5) is 10.7. The maximum atomic E-state index is 10.7. The number of carboxylic acid groups (broad SMARTS) is 1. The van der Waals surface area contributed by atoms with Crippen molar-refractivity contribution in [3.05, 3.63) is 0 Å². The molecule has 4 heteroatoms. The molecule has 90 valence electrons. The Morgan fingerprint density at radius 3 is 2.75 bits per heavy atom. The van der Waals surface area contributed by atoms with E-state index in [0.29, 0.717) is 12.3 Å². The number of fused-ring (bicyclic) bond motifs is 2. The Morgan fingerprint density at radius 1 is 1.56 bits per heavy atom. The molecule has 2 N–H and O–H groups in total. The fourth-order valence-corrected chi connectivity index (χ4v) is 3.78. The lowest BCUT2D eigenvalue weighted by Gasteiger charge is -2.37. The van der Waals surface area contributed by atoms with E-state index in [1.807, 2.05) is 0 Å². The number of hydrogen-bond donors (Lipinski definition) is 2. The first-order valence-electron chi connectivity index (χ1n) is 5.87. The molecule has 3 atom stereocenters. The third-order valence-corrected chi connectivity index (χ3v) is 5.21. The van der Waals surface area contributed by atoms with Crippen LogP contribution in [0.4, 0.5) is 0 Å². The summed E-state index contributed by atoms with van der Waals surface area (Å²) in [6, 6.07) is 0. The maximum absolute atomic E-state index is 10.7. The van der Waals surface area contributed by atoms with Gasteiger partial charge in [-0.05, 0) is 37.0 Å². The van der Waals surface area contributed by atoms with E-state index in [-0.39, 0.29) is 17.3 Å². The maximum Gasteiger partial charge on any atom is 0.303 e. The molecule has 0 heterocycles. The van der Waals surface area contributed by atoms with Crippen molar-refractivity contribution >= 4 is 11.7 Å². The highest BCUT2D eigenvalue weighted by atomic mass is 16.4. The van der Waals surface area contributed by atoms with Gasteiger partial charge >= 0.3 is 5.97 Å². The number of aliphatic carboxylic acids is 1. The summed E-state index contributed by atoms with van der Waals surface area (Å²) in [6.07, 6.45) is 3.88. The lowest BCUT2D eigenvalue weighted by atomic mass is 9.66. The van der Waals surface area contributed by atoms with Crippen molar-refractivity contribution < 1.29 is 15.1 Å². The van der Waals surface area contributed by atoms with Crippen molar-refractivity contribution in [3.8, 4) is 0 Å². The molecule has 2 aliphatic rings. The van der Waals surface area contributed by atoms with E-state index in [1.54, 1.807) is 0 Å². The van der Waals surface area contributed by atoms with Crippen molar-refractivity contribution in [2.75, 3.05) is 0 Å². The van der Waals surface area contributed by atoms with Gasteiger partial charge in [-0.1, -0.05) is 19.0 Å². The van der Waals surface area contributed by atoms with Gasteiger partial charge in [0.2, 0.25) is 0 Å². The molecule has 0 aromatic carbocycles. The number of hydrogen-bond acceptors (Lipinski definition) is 3. The van der Waals surface area contributed by atoms with E-state index >= 15 is 0 Å². The van der Waals surface area contributed by atoms with E-state index in [4.69, 9.17) is 10.3 Å². The van der Waals surface area contributed by atoms with E-state index in [1.165, 1.54) is 0 Å². The standard InChI is InChI=1S/C12H19NO3/c1-11(6-4-10(14)15)8-3-5-12(11,2)9(7-8)13-16/h8,16H,3-7H2,1-2H3,(H,14,15)/b13-9-/t8-,11-,12-/m0/s1. The van der Waals surface area contributed by atoms with Crippen LogP contribution in [0.3, 0.4) is 0 Å². The summed E-state index contributed by atoms with van der Waals surface area (Å²) in [5, 5.41) is 21.3. The Hall–Kier alpha value is -1.06. The Balaban J connectivity index is 2.25. The summed E-state index contributed by atoms with van der Waals surface area (Å²) in [7, 11) is 0. The normalized spacial score (nSPS) is 44.1. The quantitative estimate of drug-likeness (QED) is 0.572. The average molecular weight is 225 g/mol. The van der Waals surface area contributed by atoms with Crippen LogP contribution < -0.4 is 0 Å². The molecule has 0 aromatic heterocycles. The van der Waals surface area contributed by atoms with Crippen molar-refractivity contribution in [2.24, 2.45) is 21.9 Å². The van der Waals surface area contributed by atoms with Gasteiger partial charge in [-0.2, -0.15) is 0 Å². The van der Waals surface area contributed by atoms with E-state index in [0.717, 1.165) is 25.0 Å². The van der Waals surface area contributed by atoms with Crippen molar-refractivity contribution in [2.45, 2.75) is 46.0 Å². The predicted octanol–water partition coefficient (Wildman–Crippen LogP) is 2.51. The zero-order valence-electron chi connectivity index (χ0n) is 9.86. The number of carbonyl (C=O) groups is 1. The predicted molar refractivity (Wildman–Crippen MR) is 59.6 cm³/mol. The van der Waals surface area contributed by atoms with Crippen LogP contribution in [0.2, 0.25) is 0 Å². The monoisotopic (exact) mass is 225 g/mol. The first kappa shape index (κ1) is 11.4. The van der Waals surface area contributed by atoms with Gasteiger partial charge in [0.25, 0.3) is 0 Å². The molecule has 2 aliphatic carbocycles. The van der Waals surface area contributed by atoms with Crippen molar-refractivity contribution in [3.63, 3.8) is 0 Å². The molecule has 0 amide bonds. The van der Waals surface area contributed by atoms with Crippen LogP contribution in [0, 0.1) is 16.7 Å². The molecule has 2 rings (SSSR count). The highest BCUT2D eigenvalue weighted by molar-refractivity contribution is 5.94. The van der Waals surface area contributed by atoms with Gasteiger partial charge in [0.05, 0.1) is 5.71 Å². The van der Waals surface area contributed by atoms with Crippen LogP contribution in [0.5, 0.6) is 0 Å². The second kappa shape index (κ2) is 3.47. The van der Waals surface area contributed by atoms with Gasteiger partial charge in [0.15, 0.2) is 0 Å². The largest absolute Gasteiger partial charge is 0.481 e. The van der Waals surface area contributed by atoms with Gasteiger partial charge in [0.1, 0.15) is 0 Å². The number of rotatable bonds is 3. The summed E-state index contributed by atoms with van der Waals surface area (Å²) in [5.74, 6) is -0.249. The van der Waals surface area contributed by atoms with Crippen LogP contribution in [-0.4, -0.2) is 22.0 Å². The summed E-state index contributed by atoms with van der Waals surface area (Å²) in [5.41, 5.74) is 0.770. The van der Waals surface area contributed by atoms with Crippen molar-refractivity contribution in [1.29, 1.82) is 0 Å². The first-order chi connectivity index (χ1) is 7.44. The van der Waals surface area contributed by atoms with Crippen LogP contribution in [0.15, 0.2) is 5.16 Å². The highest BCUT2D eigenvalue weighted by Crippen LogP contribution is 2.66. The fraction of sp³-hybridized carbons (Fsp3) is 0.833. The van der Waals surface area contributed by atoms with Crippen LogP contribution in [-0.2, 0) is 4.79 Å². The number of carboxylic acids is 1. The lowest BCUT2D eigenvalue weighted by Crippen LogP contribution is -2.35. The molecule has 4 nitrogen and oxygen atoms in total. The highest BCUT2D eigenvalue weighted by Gasteiger charge is 2.62. The topological polar surface area (TPSA) is 69.9 Å². The SMILES string of the molecule is C[C@]12CC[C@@H](C/C1=N/O)[C@]2(C)CCC(=O)O. The van der Waals surface area contributed by atoms with Crippen molar-refractivity contribution in [1.82, 2.24) is 0 Å². The molecule has 0 aliphatic heterocycles. The minimum Gasteiger partial charge on any atom is -0.481 e. The zero-order valence-corrected chi connectivity index (χ0v) is 9.86. The third-order valence-electron chi connectivity index (χ3n) is 5.21. The lowest BCUT2D eigenvalue weighted by molar-refractivity contribution is -0.138. The molecule has 0 spiro atoms. The molecule has 2 saturated carbocycles. The minimum atomic E-state index is -0.737. The minimum absolute atomic E-state index is 0.00699. The van der Waals surface area contributed by atoms with Gasteiger partial charge in [-0.3, -0.25) is 4.79 Å². The van der Waals surface area contributed by atoms with Gasteiger partial charge in [-0.15, -0.1) is 0 Å². The molecule has 16 heavy (non-hydrogen) atoms. The summed E-state index contributed by atoms with van der Waals surface area (Å²) in [6.45, 7) is 4.28. The van der Waals surface area contributed by atoms with Gasteiger partial charge in [0, 0.05) is 11.8 Å². The van der Waals surface area contributed by atoms with Gasteiger partial charge in [-0.25, -0.2) is 0 Å². The Labute approximate surface area is 95.3 Å². The van der Waals surface area contributed by atoms with E-state index < -0.39 is 5.97 Å². The molecular weight excluding hydrogens is 206 g/mol. The van der Waals surface area contributed by atoms with Crippen LogP contribution in [0.1, 0.15) is 46.0 Å². The molecule has 0 saturated heterocycles.